The fourth-order valence-corrected chi connectivity index (χ4v) is 1.88. The van der Waals surface area contributed by atoms with Crippen LogP contribution in [-0.2, 0) is 11.2 Å². The van der Waals surface area contributed by atoms with Gasteiger partial charge in [-0.1, -0.05) is 25.1 Å². The summed E-state index contributed by atoms with van der Waals surface area (Å²) < 4.78 is 10.6. The molecule has 1 rings (SSSR count). The Morgan fingerprint density at radius 2 is 2.00 bits per heavy atom. The van der Waals surface area contributed by atoms with E-state index in [2.05, 4.69) is 18.3 Å². The standard InChI is InChI=1S/C14H23NO2/c1-4-9-15-13(11-16-2)10-12-7-5-6-8-14(12)17-3/h5-8,13,15H,4,9-11H2,1-3H3. The first-order chi connectivity index (χ1) is 8.31. The van der Waals surface area contributed by atoms with E-state index < -0.39 is 0 Å². The summed E-state index contributed by atoms with van der Waals surface area (Å²) in [4.78, 5) is 0. The SMILES string of the molecule is CCCNC(COC)Cc1ccccc1OC. The number of benzene rings is 1. The number of nitrogens with one attached hydrogen (secondary N) is 1. The van der Waals surface area contributed by atoms with Gasteiger partial charge in [-0.3, -0.25) is 0 Å². The maximum atomic E-state index is 5.36. The first-order valence-electron chi connectivity index (χ1n) is 6.16. The van der Waals surface area contributed by atoms with Crippen LogP contribution in [0.25, 0.3) is 0 Å². The van der Waals surface area contributed by atoms with Gasteiger partial charge in [-0.05, 0) is 31.0 Å². The first-order valence-corrected chi connectivity index (χ1v) is 6.16. The van der Waals surface area contributed by atoms with Crippen molar-refractivity contribution >= 4 is 0 Å². The van der Waals surface area contributed by atoms with E-state index in [9.17, 15) is 0 Å². The largest absolute Gasteiger partial charge is 0.496 e. The first kappa shape index (κ1) is 14.0. The molecule has 1 aromatic carbocycles. The van der Waals surface area contributed by atoms with Crippen molar-refractivity contribution < 1.29 is 9.47 Å². The molecule has 1 unspecified atom stereocenters. The number of rotatable bonds is 8. The Kier molecular flexibility index (Phi) is 6.67. The minimum Gasteiger partial charge on any atom is -0.496 e. The molecule has 1 N–H and O–H groups in total. The van der Waals surface area contributed by atoms with Crippen molar-refractivity contribution in [3.63, 3.8) is 0 Å². The van der Waals surface area contributed by atoms with Crippen molar-refractivity contribution in [1.82, 2.24) is 5.32 Å². The van der Waals surface area contributed by atoms with Crippen LogP contribution in [0.1, 0.15) is 18.9 Å². The molecule has 0 aliphatic heterocycles. The van der Waals surface area contributed by atoms with Crippen LogP contribution < -0.4 is 10.1 Å². The molecule has 0 heterocycles. The summed E-state index contributed by atoms with van der Waals surface area (Å²) in [5.74, 6) is 0.951. The predicted octanol–water partition coefficient (Wildman–Crippen LogP) is 2.25. The number of hydrogen-bond acceptors (Lipinski definition) is 3. The molecule has 0 fully saturated rings. The summed E-state index contributed by atoms with van der Waals surface area (Å²) in [5.41, 5.74) is 1.22. The van der Waals surface area contributed by atoms with Gasteiger partial charge in [-0.2, -0.15) is 0 Å². The molecule has 96 valence electrons. The van der Waals surface area contributed by atoms with Gasteiger partial charge in [0.2, 0.25) is 0 Å². The van der Waals surface area contributed by atoms with Crippen LogP contribution in [0, 0.1) is 0 Å². The van der Waals surface area contributed by atoms with Crippen molar-refractivity contribution in [1.29, 1.82) is 0 Å². The minimum atomic E-state index is 0.344. The summed E-state index contributed by atoms with van der Waals surface area (Å²) in [5, 5.41) is 3.49. The van der Waals surface area contributed by atoms with E-state index in [1.807, 2.05) is 18.2 Å². The Bertz CT molecular complexity index is 315. The lowest BCUT2D eigenvalue weighted by molar-refractivity contribution is 0.166. The van der Waals surface area contributed by atoms with Crippen molar-refractivity contribution in [3.05, 3.63) is 29.8 Å². The monoisotopic (exact) mass is 237 g/mol. The molecule has 0 aliphatic rings. The summed E-state index contributed by atoms with van der Waals surface area (Å²) in [6.45, 7) is 3.90. The fourth-order valence-electron chi connectivity index (χ4n) is 1.88. The molecule has 0 spiro atoms. The van der Waals surface area contributed by atoms with Crippen LogP contribution in [0.4, 0.5) is 0 Å². The van der Waals surface area contributed by atoms with E-state index in [1.165, 1.54) is 5.56 Å². The molecule has 0 amide bonds. The Morgan fingerprint density at radius 1 is 1.24 bits per heavy atom. The van der Waals surface area contributed by atoms with E-state index in [1.54, 1.807) is 14.2 Å². The van der Waals surface area contributed by atoms with Crippen LogP contribution in [-0.4, -0.2) is 33.4 Å². The molecule has 0 bridgehead atoms. The third-order valence-corrected chi connectivity index (χ3v) is 2.71. The van der Waals surface area contributed by atoms with Gasteiger partial charge in [0.1, 0.15) is 5.75 Å². The average molecular weight is 237 g/mol. The predicted molar refractivity (Wildman–Crippen MR) is 70.7 cm³/mol. The second-order valence-electron chi connectivity index (χ2n) is 4.12. The van der Waals surface area contributed by atoms with Crippen LogP contribution in [0.15, 0.2) is 24.3 Å². The topological polar surface area (TPSA) is 30.5 Å². The van der Waals surface area contributed by atoms with Crippen LogP contribution in [0.2, 0.25) is 0 Å². The highest BCUT2D eigenvalue weighted by molar-refractivity contribution is 5.33. The smallest absolute Gasteiger partial charge is 0.122 e. The number of methoxy groups -OCH3 is 2. The van der Waals surface area contributed by atoms with Crippen molar-refractivity contribution in [2.75, 3.05) is 27.4 Å². The molecule has 0 saturated carbocycles. The molecule has 17 heavy (non-hydrogen) atoms. The third kappa shape index (κ3) is 4.75. The second-order valence-corrected chi connectivity index (χ2v) is 4.12. The Labute approximate surface area is 104 Å². The maximum Gasteiger partial charge on any atom is 0.122 e. The van der Waals surface area contributed by atoms with Gasteiger partial charge in [0.15, 0.2) is 0 Å². The van der Waals surface area contributed by atoms with Gasteiger partial charge in [-0.25, -0.2) is 0 Å². The highest BCUT2D eigenvalue weighted by Crippen LogP contribution is 2.18. The summed E-state index contributed by atoms with van der Waals surface area (Å²) >= 11 is 0. The van der Waals surface area contributed by atoms with Crippen molar-refractivity contribution in [2.24, 2.45) is 0 Å². The number of hydrogen-bond donors (Lipinski definition) is 1. The van der Waals surface area contributed by atoms with Crippen LogP contribution in [0.3, 0.4) is 0 Å². The lowest BCUT2D eigenvalue weighted by Gasteiger charge is -2.19. The van der Waals surface area contributed by atoms with E-state index >= 15 is 0 Å². The molecule has 0 aromatic heterocycles. The molecular formula is C14H23NO2. The zero-order valence-electron chi connectivity index (χ0n) is 11.0. The van der Waals surface area contributed by atoms with Crippen molar-refractivity contribution in [2.45, 2.75) is 25.8 Å². The normalized spacial score (nSPS) is 12.4. The van der Waals surface area contributed by atoms with Crippen molar-refractivity contribution in [3.8, 4) is 5.75 Å². The summed E-state index contributed by atoms with van der Waals surface area (Å²) in [6.07, 6.45) is 2.06. The Morgan fingerprint density at radius 3 is 2.65 bits per heavy atom. The lowest BCUT2D eigenvalue weighted by Crippen LogP contribution is -2.35. The molecule has 3 nitrogen and oxygen atoms in total. The lowest BCUT2D eigenvalue weighted by atomic mass is 10.1. The van der Waals surface area contributed by atoms with E-state index in [0.29, 0.717) is 6.04 Å². The summed E-state index contributed by atoms with van der Waals surface area (Å²) in [6, 6.07) is 8.49. The van der Waals surface area contributed by atoms with Gasteiger partial charge in [0, 0.05) is 13.2 Å². The van der Waals surface area contributed by atoms with Gasteiger partial charge in [-0.15, -0.1) is 0 Å². The molecule has 0 saturated heterocycles. The quantitative estimate of drug-likeness (QED) is 0.752. The third-order valence-electron chi connectivity index (χ3n) is 2.71. The Balaban J connectivity index is 2.63. The summed E-state index contributed by atoms with van der Waals surface area (Å²) in [7, 11) is 3.45. The Hall–Kier alpha value is -1.06. The molecule has 1 aromatic rings. The number of ether oxygens (including phenoxy) is 2. The second kappa shape index (κ2) is 8.09. The van der Waals surface area contributed by atoms with Crippen LogP contribution >= 0.6 is 0 Å². The number of para-hydroxylation sites is 1. The zero-order valence-corrected chi connectivity index (χ0v) is 11.0. The zero-order chi connectivity index (χ0) is 12.5. The van der Waals surface area contributed by atoms with E-state index in [0.717, 1.165) is 31.7 Å². The van der Waals surface area contributed by atoms with Gasteiger partial charge in [0.25, 0.3) is 0 Å². The van der Waals surface area contributed by atoms with Crippen LogP contribution in [0.5, 0.6) is 5.75 Å². The molecular weight excluding hydrogens is 214 g/mol. The molecule has 1 atom stereocenters. The average Bonchev–Trinajstić information content (AvgIpc) is 2.37. The minimum absolute atomic E-state index is 0.344. The fraction of sp³-hybridized carbons (Fsp3) is 0.571. The van der Waals surface area contributed by atoms with Gasteiger partial charge >= 0.3 is 0 Å². The molecule has 0 radical (unpaired) electrons. The van der Waals surface area contributed by atoms with E-state index in [4.69, 9.17) is 9.47 Å². The highest BCUT2D eigenvalue weighted by atomic mass is 16.5. The molecule has 0 aliphatic carbocycles. The van der Waals surface area contributed by atoms with Gasteiger partial charge < -0.3 is 14.8 Å². The van der Waals surface area contributed by atoms with E-state index in [-0.39, 0.29) is 0 Å². The van der Waals surface area contributed by atoms with Gasteiger partial charge in [0.05, 0.1) is 13.7 Å². The molecule has 3 heteroatoms. The highest BCUT2D eigenvalue weighted by Gasteiger charge is 2.11. The maximum absolute atomic E-state index is 5.36.